The molecule has 3 aromatic rings. The van der Waals surface area contributed by atoms with Gasteiger partial charge in [-0.05, 0) is 36.4 Å². The predicted octanol–water partition coefficient (Wildman–Crippen LogP) is 4.64. The monoisotopic (exact) mass is 403 g/mol. The van der Waals surface area contributed by atoms with Crippen LogP contribution in [-0.4, -0.2) is 23.0 Å². The number of nitrogen functional groups attached to an aromatic ring is 1. The fourth-order valence-corrected chi connectivity index (χ4v) is 2.61. The van der Waals surface area contributed by atoms with E-state index in [9.17, 15) is 4.79 Å². The van der Waals surface area contributed by atoms with Gasteiger partial charge in [0.05, 0.1) is 28.4 Å². The van der Waals surface area contributed by atoms with Crippen molar-refractivity contribution in [1.29, 1.82) is 0 Å². The molecule has 27 heavy (non-hydrogen) atoms. The third kappa shape index (κ3) is 4.21. The van der Waals surface area contributed by atoms with Crippen molar-refractivity contribution < 1.29 is 9.53 Å². The quantitative estimate of drug-likeness (QED) is 0.533. The second-order valence-electron chi connectivity index (χ2n) is 5.40. The van der Waals surface area contributed by atoms with Gasteiger partial charge in [-0.1, -0.05) is 29.3 Å². The number of carbonyl (C=O) groups excluding carboxylic acids is 1. The number of methoxy groups -OCH3 is 1. The minimum atomic E-state index is -0.409. The largest absolute Gasteiger partial charge is 0.465 e. The van der Waals surface area contributed by atoms with Crippen LogP contribution in [0.25, 0.3) is 0 Å². The standard InChI is InChI=1S/C18H15Cl2N5O2/c1-27-18(26)10-5-7-11(8-6-10)24-16-15(21)17(23-9-22-16)25-13-4-2-3-12(19)14(13)20/h2-9H,21H2,1H3,(H2,22,23,24,25). The lowest BCUT2D eigenvalue weighted by Crippen LogP contribution is -2.06. The molecule has 0 amide bonds. The Balaban J connectivity index is 1.82. The number of carbonyl (C=O) groups is 1. The number of aromatic nitrogens is 2. The second-order valence-corrected chi connectivity index (χ2v) is 6.19. The van der Waals surface area contributed by atoms with Gasteiger partial charge in [0.2, 0.25) is 0 Å². The molecule has 0 fully saturated rings. The Kier molecular flexibility index (Phi) is 5.63. The molecule has 4 N–H and O–H groups in total. The number of nitrogens with one attached hydrogen (secondary N) is 2. The number of benzene rings is 2. The molecule has 9 heteroatoms. The Hall–Kier alpha value is -3.03. The first kappa shape index (κ1) is 18.8. The number of anilines is 5. The molecule has 0 aliphatic heterocycles. The SMILES string of the molecule is COC(=O)c1ccc(Nc2ncnc(Nc3cccc(Cl)c3Cl)c2N)cc1. The van der Waals surface area contributed by atoms with Crippen LogP contribution >= 0.6 is 23.2 Å². The number of halogens is 2. The molecule has 0 aliphatic carbocycles. The molecule has 1 heterocycles. The van der Waals surface area contributed by atoms with Crippen molar-refractivity contribution in [2.24, 2.45) is 0 Å². The molecular formula is C18H15Cl2N5O2. The Labute approximate surface area is 165 Å². The molecule has 7 nitrogen and oxygen atoms in total. The number of nitrogens with zero attached hydrogens (tertiary/aromatic N) is 2. The summed E-state index contributed by atoms with van der Waals surface area (Å²) < 4.78 is 4.68. The fourth-order valence-electron chi connectivity index (χ4n) is 2.27. The van der Waals surface area contributed by atoms with Crippen LogP contribution in [0, 0.1) is 0 Å². The Morgan fingerprint density at radius 2 is 1.70 bits per heavy atom. The van der Waals surface area contributed by atoms with Crippen LogP contribution in [0.3, 0.4) is 0 Å². The van der Waals surface area contributed by atoms with E-state index in [1.165, 1.54) is 13.4 Å². The van der Waals surface area contributed by atoms with E-state index in [0.717, 1.165) is 0 Å². The first-order valence-corrected chi connectivity index (χ1v) is 8.52. The average molecular weight is 404 g/mol. The van der Waals surface area contributed by atoms with Crippen LogP contribution in [0.4, 0.5) is 28.7 Å². The van der Waals surface area contributed by atoms with Gasteiger partial charge >= 0.3 is 5.97 Å². The maximum atomic E-state index is 11.5. The first-order chi connectivity index (χ1) is 13.0. The molecule has 0 unspecified atom stereocenters. The zero-order valence-corrected chi connectivity index (χ0v) is 15.7. The summed E-state index contributed by atoms with van der Waals surface area (Å²) in [6.07, 6.45) is 1.36. The molecule has 0 spiro atoms. The Morgan fingerprint density at radius 3 is 2.37 bits per heavy atom. The molecule has 0 atom stereocenters. The second kappa shape index (κ2) is 8.11. The normalized spacial score (nSPS) is 10.3. The van der Waals surface area contributed by atoms with Gasteiger partial charge in [-0.2, -0.15) is 0 Å². The summed E-state index contributed by atoms with van der Waals surface area (Å²) in [4.78, 5) is 19.8. The molecule has 0 saturated carbocycles. The molecule has 1 aromatic heterocycles. The van der Waals surface area contributed by atoms with Gasteiger partial charge in [-0.25, -0.2) is 14.8 Å². The molecule has 0 aliphatic rings. The van der Waals surface area contributed by atoms with Crippen molar-refractivity contribution in [3.05, 3.63) is 64.4 Å². The van der Waals surface area contributed by atoms with Crippen molar-refractivity contribution in [2.75, 3.05) is 23.5 Å². The van der Waals surface area contributed by atoms with Crippen LogP contribution in [0.5, 0.6) is 0 Å². The number of hydrogen-bond donors (Lipinski definition) is 3. The average Bonchev–Trinajstić information content (AvgIpc) is 2.68. The van der Waals surface area contributed by atoms with E-state index in [1.807, 2.05) is 0 Å². The lowest BCUT2D eigenvalue weighted by atomic mass is 10.2. The van der Waals surface area contributed by atoms with E-state index in [4.69, 9.17) is 28.9 Å². The summed E-state index contributed by atoms with van der Waals surface area (Å²) in [6, 6.07) is 11.9. The van der Waals surface area contributed by atoms with Crippen molar-refractivity contribution >= 4 is 57.9 Å². The number of hydrogen-bond acceptors (Lipinski definition) is 7. The lowest BCUT2D eigenvalue weighted by Gasteiger charge is -2.14. The minimum Gasteiger partial charge on any atom is -0.465 e. The molecule has 0 saturated heterocycles. The van der Waals surface area contributed by atoms with E-state index in [1.54, 1.807) is 42.5 Å². The van der Waals surface area contributed by atoms with Gasteiger partial charge in [0.1, 0.15) is 12.0 Å². The van der Waals surface area contributed by atoms with Crippen molar-refractivity contribution in [2.45, 2.75) is 0 Å². The summed E-state index contributed by atoms with van der Waals surface area (Å²) >= 11 is 12.2. The smallest absolute Gasteiger partial charge is 0.337 e. The van der Waals surface area contributed by atoms with E-state index < -0.39 is 5.97 Å². The van der Waals surface area contributed by atoms with Crippen LogP contribution in [-0.2, 0) is 4.74 Å². The van der Waals surface area contributed by atoms with Gasteiger partial charge < -0.3 is 21.1 Å². The molecule has 138 valence electrons. The predicted molar refractivity (Wildman–Crippen MR) is 107 cm³/mol. The van der Waals surface area contributed by atoms with Gasteiger partial charge in [0.15, 0.2) is 11.6 Å². The summed E-state index contributed by atoms with van der Waals surface area (Å²) in [5.74, 6) is 0.368. The Bertz CT molecular complexity index is 980. The highest BCUT2D eigenvalue weighted by Gasteiger charge is 2.12. The van der Waals surface area contributed by atoms with E-state index in [-0.39, 0.29) is 0 Å². The van der Waals surface area contributed by atoms with E-state index >= 15 is 0 Å². The summed E-state index contributed by atoms with van der Waals surface area (Å²) in [5.41, 5.74) is 8.17. The van der Waals surface area contributed by atoms with Crippen LogP contribution in [0.2, 0.25) is 10.0 Å². The van der Waals surface area contributed by atoms with Gasteiger partial charge in [0, 0.05) is 5.69 Å². The summed E-state index contributed by atoms with van der Waals surface area (Å²) in [5, 5.41) is 6.91. The summed E-state index contributed by atoms with van der Waals surface area (Å²) in [6.45, 7) is 0. The minimum absolute atomic E-state index is 0.297. The van der Waals surface area contributed by atoms with Gasteiger partial charge in [-0.15, -0.1) is 0 Å². The number of esters is 1. The van der Waals surface area contributed by atoms with Gasteiger partial charge in [0.25, 0.3) is 0 Å². The zero-order chi connectivity index (χ0) is 19.4. The molecule has 3 rings (SSSR count). The van der Waals surface area contributed by atoms with Crippen molar-refractivity contribution in [3.8, 4) is 0 Å². The van der Waals surface area contributed by atoms with E-state index in [0.29, 0.717) is 44.3 Å². The van der Waals surface area contributed by atoms with Crippen molar-refractivity contribution in [1.82, 2.24) is 9.97 Å². The molecular weight excluding hydrogens is 389 g/mol. The zero-order valence-electron chi connectivity index (χ0n) is 14.2. The number of nitrogens with two attached hydrogens (primary N) is 1. The number of ether oxygens (including phenoxy) is 1. The van der Waals surface area contributed by atoms with Crippen LogP contribution in [0.15, 0.2) is 48.8 Å². The Morgan fingerprint density at radius 1 is 1.04 bits per heavy atom. The topological polar surface area (TPSA) is 102 Å². The molecule has 0 bridgehead atoms. The van der Waals surface area contributed by atoms with Crippen LogP contribution < -0.4 is 16.4 Å². The maximum absolute atomic E-state index is 11.5. The number of rotatable bonds is 5. The van der Waals surface area contributed by atoms with Crippen molar-refractivity contribution in [3.63, 3.8) is 0 Å². The lowest BCUT2D eigenvalue weighted by molar-refractivity contribution is 0.0601. The third-order valence-corrected chi connectivity index (χ3v) is 4.48. The highest BCUT2D eigenvalue weighted by molar-refractivity contribution is 6.43. The van der Waals surface area contributed by atoms with Crippen LogP contribution in [0.1, 0.15) is 10.4 Å². The highest BCUT2D eigenvalue weighted by Crippen LogP contribution is 2.34. The van der Waals surface area contributed by atoms with Gasteiger partial charge in [-0.3, -0.25) is 0 Å². The first-order valence-electron chi connectivity index (χ1n) is 7.76. The fraction of sp³-hybridized carbons (Fsp3) is 0.0556. The summed E-state index contributed by atoms with van der Waals surface area (Å²) in [7, 11) is 1.33. The van der Waals surface area contributed by atoms with E-state index in [2.05, 4.69) is 25.3 Å². The molecule has 0 radical (unpaired) electrons. The third-order valence-electron chi connectivity index (χ3n) is 3.66. The molecule has 2 aromatic carbocycles. The highest BCUT2D eigenvalue weighted by atomic mass is 35.5. The maximum Gasteiger partial charge on any atom is 0.337 e.